The first-order valence-corrected chi connectivity index (χ1v) is 6.76. The van der Waals surface area contributed by atoms with Crippen LogP contribution in [0, 0.1) is 5.41 Å². The van der Waals surface area contributed by atoms with E-state index in [1.54, 1.807) is 0 Å². The first-order valence-electron chi connectivity index (χ1n) is 6.76. The molecule has 0 atom stereocenters. The number of rotatable bonds is 4. The Bertz CT molecular complexity index is 422. The molecule has 0 aliphatic carbocycles. The Morgan fingerprint density at radius 3 is 2.58 bits per heavy atom. The van der Waals surface area contributed by atoms with Crippen LogP contribution in [0.2, 0.25) is 0 Å². The van der Waals surface area contributed by atoms with Crippen molar-refractivity contribution in [3.05, 3.63) is 29.8 Å². The molecule has 1 saturated heterocycles. The predicted octanol–water partition coefficient (Wildman–Crippen LogP) is 1.74. The maximum atomic E-state index is 11.9. The van der Waals surface area contributed by atoms with Gasteiger partial charge in [-0.1, -0.05) is 19.1 Å². The van der Waals surface area contributed by atoms with E-state index in [0.717, 1.165) is 43.9 Å². The largest absolute Gasteiger partial charge is 0.399 e. The molecule has 19 heavy (non-hydrogen) atoms. The summed E-state index contributed by atoms with van der Waals surface area (Å²) in [5, 5.41) is 3.03. The van der Waals surface area contributed by atoms with Crippen molar-refractivity contribution in [2.45, 2.75) is 26.2 Å². The Morgan fingerprint density at radius 2 is 1.95 bits per heavy atom. The van der Waals surface area contributed by atoms with Gasteiger partial charge in [-0.3, -0.25) is 4.79 Å². The summed E-state index contributed by atoms with van der Waals surface area (Å²) >= 11 is 0. The fourth-order valence-electron chi connectivity index (χ4n) is 2.24. The molecule has 1 aliphatic rings. The summed E-state index contributed by atoms with van der Waals surface area (Å²) in [6.45, 7) is 4.53. The summed E-state index contributed by atoms with van der Waals surface area (Å²) in [5.41, 5.74) is 7.51. The average molecular weight is 262 g/mol. The molecule has 1 aliphatic heterocycles. The van der Waals surface area contributed by atoms with E-state index in [1.165, 1.54) is 0 Å². The molecule has 0 aromatic heterocycles. The van der Waals surface area contributed by atoms with Crippen molar-refractivity contribution < 1.29 is 9.53 Å². The molecule has 1 aromatic carbocycles. The van der Waals surface area contributed by atoms with Crippen LogP contribution in [0.5, 0.6) is 0 Å². The van der Waals surface area contributed by atoms with Crippen LogP contribution in [0.1, 0.15) is 25.3 Å². The van der Waals surface area contributed by atoms with Gasteiger partial charge in [-0.15, -0.1) is 0 Å². The topological polar surface area (TPSA) is 64.4 Å². The SMILES string of the molecule is CC1(CNC(=O)Cc2ccc(N)cc2)CCOCC1. The van der Waals surface area contributed by atoms with Gasteiger partial charge in [0.25, 0.3) is 0 Å². The molecule has 1 amide bonds. The van der Waals surface area contributed by atoms with Crippen LogP contribution >= 0.6 is 0 Å². The number of hydrogen-bond acceptors (Lipinski definition) is 3. The van der Waals surface area contributed by atoms with Crippen molar-refractivity contribution in [1.82, 2.24) is 5.32 Å². The van der Waals surface area contributed by atoms with Crippen molar-refractivity contribution in [3.63, 3.8) is 0 Å². The highest BCUT2D eigenvalue weighted by Gasteiger charge is 2.27. The maximum absolute atomic E-state index is 11.9. The summed E-state index contributed by atoms with van der Waals surface area (Å²) in [4.78, 5) is 11.9. The molecular weight excluding hydrogens is 240 g/mol. The van der Waals surface area contributed by atoms with E-state index >= 15 is 0 Å². The van der Waals surface area contributed by atoms with Gasteiger partial charge in [0.1, 0.15) is 0 Å². The molecule has 0 unspecified atom stereocenters. The van der Waals surface area contributed by atoms with Gasteiger partial charge in [0.2, 0.25) is 5.91 Å². The van der Waals surface area contributed by atoms with Gasteiger partial charge >= 0.3 is 0 Å². The Labute approximate surface area is 114 Å². The van der Waals surface area contributed by atoms with Crippen molar-refractivity contribution >= 4 is 11.6 Å². The maximum Gasteiger partial charge on any atom is 0.224 e. The van der Waals surface area contributed by atoms with Crippen LogP contribution in [0.15, 0.2) is 24.3 Å². The predicted molar refractivity (Wildman–Crippen MR) is 75.7 cm³/mol. The molecule has 104 valence electrons. The van der Waals surface area contributed by atoms with E-state index in [2.05, 4.69) is 12.2 Å². The number of hydrogen-bond donors (Lipinski definition) is 2. The summed E-state index contributed by atoms with van der Waals surface area (Å²) in [6, 6.07) is 7.43. The van der Waals surface area contributed by atoms with E-state index in [9.17, 15) is 4.79 Å². The van der Waals surface area contributed by atoms with Crippen LogP contribution in [0.25, 0.3) is 0 Å². The first kappa shape index (κ1) is 13.9. The zero-order valence-corrected chi connectivity index (χ0v) is 11.4. The van der Waals surface area contributed by atoms with Crippen molar-refractivity contribution in [2.75, 3.05) is 25.5 Å². The van der Waals surface area contributed by atoms with Crippen molar-refractivity contribution in [3.8, 4) is 0 Å². The third kappa shape index (κ3) is 4.24. The molecule has 1 fully saturated rings. The van der Waals surface area contributed by atoms with Gasteiger partial charge in [-0.25, -0.2) is 0 Å². The van der Waals surface area contributed by atoms with Crippen LogP contribution in [0.3, 0.4) is 0 Å². The van der Waals surface area contributed by atoms with Gasteiger partial charge in [0, 0.05) is 25.4 Å². The highest BCUT2D eigenvalue weighted by atomic mass is 16.5. The zero-order chi connectivity index (χ0) is 13.7. The normalized spacial score (nSPS) is 17.9. The molecule has 2 rings (SSSR count). The van der Waals surface area contributed by atoms with E-state index in [4.69, 9.17) is 10.5 Å². The third-order valence-corrected chi connectivity index (χ3v) is 3.76. The van der Waals surface area contributed by atoms with E-state index in [-0.39, 0.29) is 11.3 Å². The number of nitrogens with two attached hydrogens (primary N) is 1. The standard InChI is InChI=1S/C15H22N2O2/c1-15(6-8-19-9-7-15)11-17-14(18)10-12-2-4-13(16)5-3-12/h2-5H,6-11,16H2,1H3,(H,17,18). The zero-order valence-electron chi connectivity index (χ0n) is 11.4. The summed E-state index contributed by atoms with van der Waals surface area (Å²) in [6.07, 6.45) is 2.43. The molecule has 0 saturated carbocycles. The van der Waals surface area contributed by atoms with Gasteiger partial charge in [-0.05, 0) is 36.0 Å². The fraction of sp³-hybridized carbons (Fsp3) is 0.533. The lowest BCUT2D eigenvalue weighted by Gasteiger charge is -2.33. The number of ether oxygens (including phenoxy) is 1. The Kier molecular flexibility index (Phi) is 4.43. The van der Waals surface area contributed by atoms with Crippen molar-refractivity contribution in [1.29, 1.82) is 0 Å². The van der Waals surface area contributed by atoms with Gasteiger partial charge < -0.3 is 15.8 Å². The highest BCUT2D eigenvalue weighted by molar-refractivity contribution is 5.78. The van der Waals surface area contributed by atoms with Crippen LogP contribution in [-0.2, 0) is 16.0 Å². The second-order valence-corrected chi connectivity index (χ2v) is 5.62. The molecule has 0 radical (unpaired) electrons. The van der Waals surface area contributed by atoms with Crippen molar-refractivity contribution in [2.24, 2.45) is 5.41 Å². The van der Waals surface area contributed by atoms with E-state index in [0.29, 0.717) is 6.42 Å². The Morgan fingerprint density at radius 1 is 1.32 bits per heavy atom. The second-order valence-electron chi connectivity index (χ2n) is 5.62. The summed E-state index contributed by atoms with van der Waals surface area (Å²) < 4.78 is 5.35. The Hall–Kier alpha value is -1.55. The molecule has 3 N–H and O–H groups in total. The number of benzene rings is 1. The number of nitrogen functional groups attached to an aromatic ring is 1. The van der Waals surface area contributed by atoms with Gasteiger partial charge in [0.15, 0.2) is 0 Å². The minimum absolute atomic E-state index is 0.0671. The molecule has 0 bridgehead atoms. The van der Waals surface area contributed by atoms with Crippen LogP contribution in [-0.4, -0.2) is 25.7 Å². The lowest BCUT2D eigenvalue weighted by Crippen LogP contribution is -2.39. The number of anilines is 1. The van der Waals surface area contributed by atoms with Crippen LogP contribution < -0.4 is 11.1 Å². The minimum Gasteiger partial charge on any atom is -0.399 e. The second kappa shape index (κ2) is 6.06. The lowest BCUT2D eigenvalue weighted by molar-refractivity contribution is -0.121. The molecule has 1 heterocycles. The summed E-state index contributed by atoms with van der Waals surface area (Å²) in [7, 11) is 0. The number of carbonyl (C=O) groups is 1. The van der Waals surface area contributed by atoms with Gasteiger partial charge in [-0.2, -0.15) is 0 Å². The molecule has 0 spiro atoms. The molecule has 4 heteroatoms. The monoisotopic (exact) mass is 262 g/mol. The lowest BCUT2D eigenvalue weighted by atomic mass is 9.82. The first-order chi connectivity index (χ1) is 9.07. The summed E-state index contributed by atoms with van der Waals surface area (Å²) in [5.74, 6) is 0.0671. The molecular formula is C15H22N2O2. The molecule has 1 aromatic rings. The molecule has 4 nitrogen and oxygen atoms in total. The van der Waals surface area contributed by atoms with E-state index in [1.807, 2.05) is 24.3 Å². The quantitative estimate of drug-likeness (QED) is 0.812. The third-order valence-electron chi connectivity index (χ3n) is 3.76. The highest BCUT2D eigenvalue weighted by Crippen LogP contribution is 2.28. The fourth-order valence-corrected chi connectivity index (χ4v) is 2.24. The van der Waals surface area contributed by atoms with E-state index < -0.39 is 0 Å². The minimum atomic E-state index is 0.0671. The van der Waals surface area contributed by atoms with Crippen LogP contribution in [0.4, 0.5) is 5.69 Å². The number of amides is 1. The smallest absolute Gasteiger partial charge is 0.224 e. The number of carbonyl (C=O) groups excluding carboxylic acids is 1. The number of nitrogens with one attached hydrogen (secondary N) is 1. The van der Waals surface area contributed by atoms with Gasteiger partial charge in [0.05, 0.1) is 6.42 Å². The Balaban J connectivity index is 1.79. The average Bonchev–Trinajstić information content (AvgIpc) is 2.40.